The Morgan fingerprint density at radius 2 is 1.82 bits per heavy atom. The minimum atomic E-state index is -1.02. The summed E-state index contributed by atoms with van der Waals surface area (Å²) in [7, 11) is 1.59. The van der Waals surface area contributed by atoms with Crippen LogP contribution in [0.5, 0.6) is 5.75 Å². The molecule has 4 rings (SSSR count). The van der Waals surface area contributed by atoms with Crippen molar-refractivity contribution < 1.29 is 23.4 Å². The van der Waals surface area contributed by atoms with E-state index in [9.17, 15) is 18.7 Å². The van der Waals surface area contributed by atoms with Gasteiger partial charge in [0.05, 0.1) is 19.3 Å². The highest BCUT2D eigenvalue weighted by Crippen LogP contribution is 2.19. The van der Waals surface area contributed by atoms with Gasteiger partial charge in [-0.25, -0.2) is 8.78 Å². The summed E-state index contributed by atoms with van der Waals surface area (Å²) in [5, 5.41) is 18.2. The molecule has 0 radical (unpaired) electrons. The summed E-state index contributed by atoms with van der Waals surface area (Å²) in [6, 6.07) is 17.4. The van der Waals surface area contributed by atoms with Crippen molar-refractivity contribution >= 4 is 16.8 Å². The lowest BCUT2D eigenvalue weighted by molar-refractivity contribution is 0.0830. The van der Waals surface area contributed by atoms with Crippen molar-refractivity contribution in [2.45, 2.75) is 45.0 Å². The van der Waals surface area contributed by atoms with E-state index in [0.29, 0.717) is 17.7 Å². The summed E-state index contributed by atoms with van der Waals surface area (Å²) in [6.07, 6.45) is 1.98. The lowest BCUT2D eigenvalue weighted by Gasteiger charge is -2.25. The molecule has 38 heavy (non-hydrogen) atoms. The highest BCUT2D eigenvalue weighted by atomic mass is 19.1. The molecule has 0 aliphatic rings. The molecule has 3 N–H and O–H groups in total. The molecule has 1 amide bonds. The zero-order valence-corrected chi connectivity index (χ0v) is 21.6. The van der Waals surface area contributed by atoms with Crippen LogP contribution in [0.1, 0.15) is 34.8 Å². The van der Waals surface area contributed by atoms with Crippen LogP contribution in [0.25, 0.3) is 10.9 Å². The third-order valence-corrected chi connectivity index (χ3v) is 6.48. The average Bonchev–Trinajstić information content (AvgIpc) is 3.30. The van der Waals surface area contributed by atoms with Gasteiger partial charge in [0.15, 0.2) is 0 Å². The number of amides is 1. The maximum Gasteiger partial charge on any atom is 0.251 e. The van der Waals surface area contributed by atoms with E-state index in [1.165, 1.54) is 12.1 Å². The van der Waals surface area contributed by atoms with Crippen LogP contribution in [0, 0.1) is 11.6 Å². The molecule has 3 aromatic carbocycles. The number of carbonyl (C=O) groups is 1. The number of aliphatic hydroxyl groups excluding tert-OH is 1. The molecular weight excluding hydrogens is 488 g/mol. The highest BCUT2D eigenvalue weighted by Gasteiger charge is 2.23. The minimum Gasteiger partial charge on any atom is -0.497 e. The zero-order valence-electron chi connectivity index (χ0n) is 21.6. The molecule has 0 bridgehead atoms. The molecule has 0 fully saturated rings. The quantitative estimate of drug-likeness (QED) is 0.250. The standard InChI is InChI=1S/C30H33F2N3O3/c1-3-10-35-11-9-22-7-8-23(16-28(22)35)30(37)34-27(15-21-12-24(31)17-25(32)13-21)29(36)19-33-18-20-5-4-6-26(14-20)38-2/h4-9,11-14,16-17,27,29,33,36H,3,10,15,18-19H2,1-2H3,(H,34,37)/t27?,29-/m0/s1. The van der Waals surface area contributed by atoms with Crippen LogP contribution in [-0.2, 0) is 19.5 Å². The van der Waals surface area contributed by atoms with Gasteiger partial charge in [-0.1, -0.05) is 25.1 Å². The fourth-order valence-electron chi connectivity index (χ4n) is 4.57. The SMILES string of the molecule is CCCn1ccc2ccc(C(=O)NC(Cc3cc(F)cc(F)c3)[C@@H](O)CNCc3cccc(OC)c3)cc21. The van der Waals surface area contributed by atoms with Crippen molar-refractivity contribution in [2.75, 3.05) is 13.7 Å². The number of methoxy groups -OCH3 is 1. The second-order valence-electron chi connectivity index (χ2n) is 9.39. The number of ether oxygens (including phenoxy) is 1. The Morgan fingerprint density at radius 3 is 2.55 bits per heavy atom. The molecule has 1 aromatic heterocycles. The Balaban J connectivity index is 1.50. The number of carbonyl (C=O) groups excluding carboxylic acids is 1. The first-order valence-corrected chi connectivity index (χ1v) is 12.7. The summed E-state index contributed by atoms with van der Waals surface area (Å²) in [6.45, 7) is 3.54. The molecule has 1 unspecified atom stereocenters. The molecular formula is C30H33F2N3O3. The first-order valence-electron chi connectivity index (χ1n) is 12.7. The number of aromatic nitrogens is 1. The Morgan fingerprint density at radius 1 is 1.03 bits per heavy atom. The van der Waals surface area contributed by atoms with Gasteiger partial charge in [0.25, 0.3) is 5.91 Å². The van der Waals surface area contributed by atoms with Crippen LogP contribution in [0.2, 0.25) is 0 Å². The number of nitrogens with one attached hydrogen (secondary N) is 2. The number of benzene rings is 3. The molecule has 0 saturated heterocycles. The van der Waals surface area contributed by atoms with Crippen molar-refractivity contribution in [1.82, 2.24) is 15.2 Å². The molecule has 1 heterocycles. The number of nitrogens with zero attached hydrogens (tertiary/aromatic N) is 1. The molecule has 200 valence electrons. The van der Waals surface area contributed by atoms with Crippen molar-refractivity contribution in [1.29, 1.82) is 0 Å². The van der Waals surface area contributed by atoms with Crippen LogP contribution in [0.15, 0.2) is 72.9 Å². The van der Waals surface area contributed by atoms with Crippen molar-refractivity contribution in [3.63, 3.8) is 0 Å². The predicted molar refractivity (Wildman–Crippen MR) is 144 cm³/mol. The number of hydrogen-bond donors (Lipinski definition) is 3. The van der Waals surface area contributed by atoms with Crippen LogP contribution < -0.4 is 15.4 Å². The van der Waals surface area contributed by atoms with E-state index in [-0.39, 0.29) is 18.9 Å². The minimum absolute atomic E-state index is 0.0525. The Bertz CT molecular complexity index is 1370. The average molecular weight is 522 g/mol. The molecule has 2 atom stereocenters. The number of rotatable bonds is 12. The number of aliphatic hydroxyl groups is 1. The monoisotopic (exact) mass is 521 g/mol. The maximum absolute atomic E-state index is 13.9. The van der Waals surface area contributed by atoms with Crippen LogP contribution >= 0.6 is 0 Å². The normalized spacial score (nSPS) is 12.9. The van der Waals surface area contributed by atoms with Gasteiger partial charge in [-0.05, 0) is 71.8 Å². The zero-order chi connectivity index (χ0) is 27.1. The third-order valence-electron chi connectivity index (χ3n) is 6.48. The van der Waals surface area contributed by atoms with Crippen LogP contribution in [0.3, 0.4) is 0 Å². The van der Waals surface area contributed by atoms with E-state index < -0.39 is 23.8 Å². The number of fused-ring (bicyclic) bond motifs is 1. The summed E-state index contributed by atoms with van der Waals surface area (Å²) in [4.78, 5) is 13.3. The van der Waals surface area contributed by atoms with Crippen LogP contribution in [-0.4, -0.2) is 41.4 Å². The summed E-state index contributed by atoms with van der Waals surface area (Å²) in [5.74, 6) is -1.06. The van der Waals surface area contributed by atoms with E-state index >= 15 is 0 Å². The second kappa shape index (κ2) is 12.7. The largest absolute Gasteiger partial charge is 0.497 e. The van der Waals surface area contributed by atoms with Gasteiger partial charge in [0.1, 0.15) is 17.4 Å². The highest BCUT2D eigenvalue weighted by molar-refractivity contribution is 5.98. The van der Waals surface area contributed by atoms with E-state index in [2.05, 4.69) is 22.1 Å². The second-order valence-corrected chi connectivity index (χ2v) is 9.39. The maximum atomic E-state index is 13.9. The summed E-state index contributed by atoms with van der Waals surface area (Å²) in [5.41, 5.74) is 2.70. The first-order chi connectivity index (χ1) is 18.4. The van der Waals surface area contributed by atoms with Gasteiger partial charge < -0.3 is 25.0 Å². The Hall–Kier alpha value is -3.75. The van der Waals surface area contributed by atoms with Gasteiger partial charge in [0.2, 0.25) is 0 Å². The molecule has 4 aromatic rings. The van der Waals surface area contributed by atoms with Gasteiger partial charge >= 0.3 is 0 Å². The van der Waals surface area contributed by atoms with Crippen molar-refractivity contribution in [3.05, 3.63) is 101 Å². The van der Waals surface area contributed by atoms with Gasteiger partial charge in [-0.2, -0.15) is 0 Å². The fourth-order valence-corrected chi connectivity index (χ4v) is 4.57. The number of hydrogen-bond acceptors (Lipinski definition) is 4. The molecule has 0 saturated carbocycles. The Labute approximate surface area is 221 Å². The first kappa shape index (κ1) is 27.3. The van der Waals surface area contributed by atoms with E-state index in [4.69, 9.17) is 4.74 Å². The van der Waals surface area contributed by atoms with Gasteiger partial charge in [-0.15, -0.1) is 0 Å². The number of aryl methyl sites for hydroxylation is 1. The third kappa shape index (κ3) is 6.96. The smallest absolute Gasteiger partial charge is 0.251 e. The molecule has 0 aliphatic carbocycles. The fraction of sp³-hybridized carbons (Fsp3) is 0.300. The van der Waals surface area contributed by atoms with Crippen molar-refractivity contribution in [2.24, 2.45) is 0 Å². The number of halogens is 2. The lowest BCUT2D eigenvalue weighted by atomic mass is 10.00. The van der Waals surface area contributed by atoms with Crippen LogP contribution in [0.4, 0.5) is 8.78 Å². The van der Waals surface area contributed by atoms with E-state index in [0.717, 1.165) is 41.2 Å². The topological polar surface area (TPSA) is 75.5 Å². The summed E-state index contributed by atoms with van der Waals surface area (Å²) >= 11 is 0. The van der Waals surface area contributed by atoms with E-state index in [1.807, 2.05) is 48.7 Å². The van der Waals surface area contributed by atoms with E-state index in [1.54, 1.807) is 13.2 Å². The predicted octanol–water partition coefficient (Wildman–Crippen LogP) is 4.83. The lowest BCUT2D eigenvalue weighted by Crippen LogP contribution is -2.48. The molecule has 6 nitrogen and oxygen atoms in total. The molecule has 0 aliphatic heterocycles. The molecule has 0 spiro atoms. The summed E-state index contributed by atoms with van der Waals surface area (Å²) < 4.78 is 35.1. The molecule has 8 heteroatoms. The van der Waals surface area contributed by atoms with Gasteiger partial charge in [0, 0.05) is 43.0 Å². The Kier molecular flexibility index (Phi) is 9.10. The van der Waals surface area contributed by atoms with Crippen molar-refractivity contribution in [3.8, 4) is 5.75 Å². The van der Waals surface area contributed by atoms with Gasteiger partial charge in [-0.3, -0.25) is 4.79 Å².